The highest BCUT2D eigenvalue weighted by molar-refractivity contribution is 7.99. The van der Waals surface area contributed by atoms with Gasteiger partial charge in [0.2, 0.25) is 5.95 Å². The average molecular weight is 367 g/mol. The summed E-state index contributed by atoms with van der Waals surface area (Å²) in [5.74, 6) is 0.953. The summed E-state index contributed by atoms with van der Waals surface area (Å²) in [5, 5.41) is 11.0. The summed E-state index contributed by atoms with van der Waals surface area (Å²) in [7, 11) is 0. The van der Waals surface area contributed by atoms with Gasteiger partial charge in [0.25, 0.3) is 0 Å². The van der Waals surface area contributed by atoms with Crippen molar-refractivity contribution in [3.63, 3.8) is 0 Å². The monoisotopic (exact) mass is 366 g/mol. The lowest BCUT2D eigenvalue weighted by Gasteiger charge is -2.27. The largest absolute Gasteiger partial charge is 0.378 e. The fourth-order valence-electron chi connectivity index (χ4n) is 2.83. The summed E-state index contributed by atoms with van der Waals surface area (Å²) in [6.45, 7) is 8.44. The number of aromatic nitrogens is 3. The second-order valence-corrected chi connectivity index (χ2v) is 7.30. The molecule has 0 bridgehead atoms. The first-order valence-corrected chi connectivity index (χ1v) is 9.66. The molecule has 1 aliphatic rings. The van der Waals surface area contributed by atoms with E-state index in [-0.39, 0.29) is 0 Å². The normalized spacial score (nSPS) is 16.4. The molecule has 0 aliphatic carbocycles. The van der Waals surface area contributed by atoms with Gasteiger partial charge < -0.3 is 9.64 Å². The number of benzene rings is 1. The zero-order valence-corrected chi connectivity index (χ0v) is 15.7. The lowest BCUT2D eigenvalue weighted by molar-refractivity contribution is 0.121. The Hall–Kier alpha value is -1.24. The van der Waals surface area contributed by atoms with Crippen LogP contribution in [0, 0.1) is 0 Å². The van der Waals surface area contributed by atoms with Gasteiger partial charge in [-0.05, 0) is 31.0 Å². The highest BCUT2D eigenvalue weighted by Gasteiger charge is 2.22. The third-order valence-electron chi connectivity index (χ3n) is 4.17. The number of hydrogen-bond acceptors (Lipinski definition) is 5. The molecule has 1 fully saturated rings. The maximum absolute atomic E-state index is 6.01. The van der Waals surface area contributed by atoms with Crippen LogP contribution in [-0.4, -0.2) is 41.1 Å². The van der Waals surface area contributed by atoms with E-state index in [1.54, 1.807) is 11.8 Å². The molecule has 0 radical (unpaired) electrons. The third kappa shape index (κ3) is 3.87. The molecular formula is C17H23ClN4OS. The van der Waals surface area contributed by atoms with Gasteiger partial charge in [0.15, 0.2) is 5.16 Å². The minimum Gasteiger partial charge on any atom is -0.378 e. The Morgan fingerprint density at radius 1 is 1.17 bits per heavy atom. The highest BCUT2D eigenvalue weighted by atomic mass is 35.5. The van der Waals surface area contributed by atoms with Gasteiger partial charge in [-0.2, -0.15) is 0 Å². The van der Waals surface area contributed by atoms with Crippen LogP contribution in [0.4, 0.5) is 5.95 Å². The molecule has 0 N–H and O–H groups in total. The Morgan fingerprint density at radius 2 is 1.88 bits per heavy atom. The molecule has 5 nitrogen and oxygen atoms in total. The molecule has 2 aromatic rings. The fourth-order valence-corrected chi connectivity index (χ4v) is 4.10. The number of hydrogen-bond donors (Lipinski definition) is 0. The van der Waals surface area contributed by atoms with Gasteiger partial charge in [0.05, 0.1) is 13.2 Å². The predicted molar refractivity (Wildman–Crippen MR) is 99.1 cm³/mol. The van der Waals surface area contributed by atoms with E-state index in [9.17, 15) is 0 Å². The summed E-state index contributed by atoms with van der Waals surface area (Å²) in [6.07, 6.45) is 1.02. The number of ether oxygens (including phenoxy) is 1. The van der Waals surface area contributed by atoms with E-state index < -0.39 is 0 Å². The first-order valence-electron chi connectivity index (χ1n) is 8.41. The van der Waals surface area contributed by atoms with Gasteiger partial charge in [-0.15, -0.1) is 10.2 Å². The van der Waals surface area contributed by atoms with Crippen LogP contribution in [0.2, 0.25) is 5.02 Å². The molecule has 1 aliphatic heterocycles. The molecule has 0 saturated carbocycles. The molecule has 24 heavy (non-hydrogen) atoms. The Bertz CT molecular complexity index is 655. The van der Waals surface area contributed by atoms with Crippen molar-refractivity contribution in [1.82, 2.24) is 14.8 Å². The van der Waals surface area contributed by atoms with Crippen LogP contribution in [0.15, 0.2) is 29.4 Å². The molecule has 1 unspecified atom stereocenters. The second-order valence-electron chi connectivity index (χ2n) is 5.69. The van der Waals surface area contributed by atoms with E-state index in [1.807, 2.05) is 12.1 Å². The molecule has 3 rings (SSSR count). The van der Waals surface area contributed by atoms with Crippen LogP contribution in [0.3, 0.4) is 0 Å². The number of rotatable bonds is 6. The van der Waals surface area contributed by atoms with Gasteiger partial charge in [-0.25, -0.2) is 0 Å². The quantitative estimate of drug-likeness (QED) is 0.722. The van der Waals surface area contributed by atoms with Crippen molar-refractivity contribution in [2.75, 3.05) is 31.2 Å². The van der Waals surface area contributed by atoms with Crippen molar-refractivity contribution in [2.45, 2.75) is 37.2 Å². The lowest BCUT2D eigenvalue weighted by atomic mass is 10.1. The topological polar surface area (TPSA) is 43.2 Å². The smallest absolute Gasteiger partial charge is 0.228 e. The molecule has 0 amide bonds. The molecule has 1 aromatic carbocycles. The first kappa shape index (κ1) is 17.6. The summed E-state index contributed by atoms with van der Waals surface area (Å²) < 4.78 is 7.64. The van der Waals surface area contributed by atoms with Crippen LogP contribution in [0.5, 0.6) is 0 Å². The number of morpholine rings is 1. The standard InChI is InChI=1S/C17H23ClN4OS/c1-3-15(13-5-7-14(18)8-6-13)24-17-20-19-16(22(17)4-2)21-9-11-23-12-10-21/h5-8,15H,3-4,9-12H2,1-2H3. The van der Waals surface area contributed by atoms with Gasteiger partial charge in [-0.1, -0.05) is 42.4 Å². The Balaban J connectivity index is 1.80. The zero-order valence-electron chi connectivity index (χ0n) is 14.1. The molecule has 130 valence electrons. The van der Waals surface area contributed by atoms with E-state index in [2.05, 4.69) is 45.6 Å². The second kappa shape index (κ2) is 8.23. The van der Waals surface area contributed by atoms with Gasteiger partial charge in [0, 0.05) is 29.9 Å². The van der Waals surface area contributed by atoms with Crippen molar-refractivity contribution < 1.29 is 4.74 Å². The first-order chi connectivity index (χ1) is 11.7. The highest BCUT2D eigenvalue weighted by Crippen LogP contribution is 2.38. The number of nitrogens with zero attached hydrogens (tertiary/aromatic N) is 4. The van der Waals surface area contributed by atoms with Gasteiger partial charge in [0.1, 0.15) is 0 Å². The maximum Gasteiger partial charge on any atom is 0.228 e. The van der Waals surface area contributed by atoms with Crippen molar-refractivity contribution >= 4 is 29.3 Å². The van der Waals surface area contributed by atoms with E-state index in [0.717, 1.165) is 55.4 Å². The number of anilines is 1. The van der Waals surface area contributed by atoms with E-state index in [0.29, 0.717) is 5.25 Å². The predicted octanol–water partition coefficient (Wildman–Crippen LogP) is 4.03. The lowest BCUT2D eigenvalue weighted by Crippen LogP contribution is -2.38. The number of thioether (sulfide) groups is 1. The fraction of sp³-hybridized carbons (Fsp3) is 0.529. The molecule has 1 atom stereocenters. The van der Waals surface area contributed by atoms with Crippen LogP contribution < -0.4 is 4.90 Å². The summed E-state index contributed by atoms with van der Waals surface area (Å²) in [5.41, 5.74) is 1.27. The number of halogens is 1. The van der Waals surface area contributed by atoms with Crippen molar-refractivity contribution in [2.24, 2.45) is 0 Å². The molecular weight excluding hydrogens is 344 g/mol. The maximum atomic E-state index is 6.01. The molecule has 1 saturated heterocycles. The van der Waals surface area contributed by atoms with Crippen LogP contribution in [0.25, 0.3) is 0 Å². The van der Waals surface area contributed by atoms with E-state index in [4.69, 9.17) is 16.3 Å². The summed E-state index contributed by atoms with van der Waals surface area (Å²) in [6, 6.07) is 8.09. The summed E-state index contributed by atoms with van der Waals surface area (Å²) in [4.78, 5) is 2.26. The minimum absolute atomic E-state index is 0.342. The van der Waals surface area contributed by atoms with Crippen molar-refractivity contribution in [3.8, 4) is 0 Å². The average Bonchev–Trinajstić information content (AvgIpc) is 3.04. The van der Waals surface area contributed by atoms with Crippen LogP contribution in [0.1, 0.15) is 31.1 Å². The summed E-state index contributed by atoms with van der Waals surface area (Å²) >= 11 is 7.78. The van der Waals surface area contributed by atoms with Gasteiger partial charge in [-0.3, -0.25) is 4.57 Å². The van der Waals surface area contributed by atoms with Crippen molar-refractivity contribution in [3.05, 3.63) is 34.9 Å². The van der Waals surface area contributed by atoms with E-state index in [1.165, 1.54) is 5.56 Å². The van der Waals surface area contributed by atoms with Gasteiger partial charge >= 0.3 is 0 Å². The Morgan fingerprint density at radius 3 is 2.50 bits per heavy atom. The minimum atomic E-state index is 0.342. The zero-order chi connectivity index (χ0) is 16.9. The molecule has 0 spiro atoms. The molecule has 1 aromatic heterocycles. The van der Waals surface area contributed by atoms with Crippen LogP contribution >= 0.6 is 23.4 Å². The third-order valence-corrected chi connectivity index (χ3v) is 5.82. The Labute approximate surface area is 152 Å². The molecule has 2 heterocycles. The SMILES string of the molecule is CCC(Sc1nnc(N2CCOCC2)n1CC)c1ccc(Cl)cc1. The Kier molecular flexibility index (Phi) is 6.03. The van der Waals surface area contributed by atoms with Crippen molar-refractivity contribution in [1.29, 1.82) is 0 Å². The van der Waals surface area contributed by atoms with Crippen LogP contribution in [-0.2, 0) is 11.3 Å². The van der Waals surface area contributed by atoms with E-state index >= 15 is 0 Å². The molecule has 7 heteroatoms.